The van der Waals surface area contributed by atoms with Crippen LogP contribution in [-0.4, -0.2) is 32.4 Å². The minimum Gasteiger partial charge on any atom is -0.329 e. The van der Waals surface area contributed by atoms with Crippen LogP contribution in [0.5, 0.6) is 0 Å². The number of rotatable bonds is 3. The lowest BCUT2D eigenvalue weighted by molar-refractivity contribution is -0.123. The largest absolute Gasteiger partial charge is 0.329 e. The molecule has 0 spiro atoms. The van der Waals surface area contributed by atoms with Gasteiger partial charge in [0.25, 0.3) is 0 Å². The second-order valence-electron chi connectivity index (χ2n) is 5.05. The van der Waals surface area contributed by atoms with Crippen molar-refractivity contribution in [1.82, 2.24) is 20.0 Å². The number of halogens is 1. The lowest BCUT2D eigenvalue weighted by atomic mass is 9.93. The molecule has 0 saturated heterocycles. The molecule has 0 aromatic carbocycles. The molecule has 0 fully saturated rings. The minimum atomic E-state index is -0.618. The number of nitrogens with one attached hydrogen (secondary N) is 2. The predicted octanol–water partition coefficient (Wildman–Crippen LogP) is 0.950. The fourth-order valence-electron chi connectivity index (χ4n) is 1.70. The Morgan fingerprint density at radius 1 is 1.53 bits per heavy atom. The maximum absolute atomic E-state index is 12.1. The van der Waals surface area contributed by atoms with Gasteiger partial charge >= 0.3 is 0 Å². The highest BCUT2D eigenvalue weighted by atomic mass is 35.5. The lowest BCUT2D eigenvalue weighted by Gasteiger charge is -2.20. The summed E-state index contributed by atoms with van der Waals surface area (Å²) in [6, 6.07) is 0. The van der Waals surface area contributed by atoms with Crippen LogP contribution in [0.2, 0.25) is 0 Å². The van der Waals surface area contributed by atoms with Gasteiger partial charge in [-0.1, -0.05) is 0 Å². The number of nitrogens with two attached hydrogens (primary N) is 1. The Morgan fingerprint density at radius 2 is 2.16 bits per heavy atom. The maximum atomic E-state index is 12.1. The van der Waals surface area contributed by atoms with Gasteiger partial charge in [-0.2, -0.15) is 10.2 Å². The topological polar surface area (TPSA) is 102 Å². The summed E-state index contributed by atoms with van der Waals surface area (Å²) >= 11 is 0. The molecule has 8 heteroatoms. The van der Waals surface area contributed by atoms with Crippen molar-refractivity contribution in [3.63, 3.8) is 0 Å². The van der Waals surface area contributed by atoms with Gasteiger partial charge in [-0.25, -0.2) is 4.68 Å². The highest BCUT2D eigenvalue weighted by molar-refractivity contribution is 6.01. The van der Waals surface area contributed by atoms with E-state index in [1.165, 1.54) is 0 Å². The third-order valence-electron chi connectivity index (χ3n) is 3.08. The smallest absolute Gasteiger partial charge is 0.232 e. The number of H-pyrrole nitrogens is 1. The van der Waals surface area contributed by atoms with Crippen molar-refractivity contribution < 1.29 is 4.79 Å². The van der Waals surface area contributed by atoms with Crippen molar-refractivity contribution in [3.05, 3.63) is 5.69 Å². The van der Waals surface area contributed by atoms with E-state index < -0.39 is 5.41 Å². The fourth-order valence-corrected chi connectivity index (χ4v) is 1.70. The molecule has 2 aromatic rings. The highest BCUT2D eigenvalue weighted by Crippen LogP contribution is 2.25. The number of hydrogen-bond acceptors (Lipinski definition) is 4. The zero-order chi connectivity index (χ0) is 13.5. The molecule has 106 valence electrons. The second-order valence-corrected chi connectivity index (χ2v) is 5.05. The first-order valence-electron chi connectivity index (χ1n) is 5.76. The summed E-state index contributed by atoms with van der Waals surface area (Å²) in [4.78, 5) is 12.1. The quantitative estimate of drug-likeness (QED) is 0.782. The molecule has 0 radical (unpaired) electrons. The summed E-state index contributed by atoms with van der Waals surface area (Å²) in [5.74, 6) is 0.431. The third-order valence-corrected chi connectivity index (χ3v) is 3.08. The summed E-state index contributed by atoms with van der Waals surface area (Å²) in [5, 5.41) is 14.9. The lowest BCUT2D eigenvalue weighted by Crippen LogP contribution is -2.37. The molecule has 0 aliphatic rings. The number of hydrogen-bond donors (Lipinski definition) is 3. The average Bonchev–Trinajstić information content (AvgIpc) is 2.83. The van der Waals surface area contributed by atoms with E-state index in [2.05, 4.69) is 20.6 Å². The Bertz CT molecular complexity index is 600. The Labute approximate surface area is 117 Å². The number of carbonyl (C=O) groups excluding carboxylic acids is 1. The van der Waals surface area contributed by atoms with Gasteiger partial charge < -0.3 is 11.1 Å². The van der Waals surface area contributed by atoms with E-state index in [9.17, 15) is 4.79 Å². The molecule has 0 aliphatic heterocycles. The second kappa shape index (κ2) is 5.18. The standard InChI is InChI=1S/C11H18N6O.ClH/c1-6-7-8(13-10(18)11(2,3)5-12)14-15-9(7)17(4)16-6;/h5,12H2,1-4H3,(H2,13,14,15,18);1H. The van der Waals surface area contributed by atoms with Crippen LogP contribution in [-0.2, 0) is 11.8 Å². The number of carbonyl (C=O) groups is 1. The van der Waals surface area contributed by atoms with E-state index in [0.717, 1.165) is 11.1 Å². The van der Waals surface area contributed by atoms with E-state index in [1.807, 2.05) is 14.0 Å². The summed E-state index contributed by atoms with van der Waals surface area (Å²) in [5.41, 5.74) is 6.50. The molecule has 0 aliphatic carbocycles. The fraction of sp³-hybridized carbons (Fsp3) is 0.545. The van der Waals surface area contributed by atoms with E-state index >= 15 is 0 Å². The van der Waals surface area contributed by atoms with Gasteiger partial charge in [-0.15, -0.1) is 12.4 Å². The van der Waals surface area contributed by atoms with Crippen molar-refractivity contribution in [2.45, 2.75) is 20.8 Å². The van der Waals surface area contributed by atoms with E-state index in [1.54, 1.807) is 18.5 Å². The highest BCUT2D eigenvalue weighted by Gasteiger charge is 2.27. The molecule has 7 nitrogen and oxygen atoms in total. The van der Waals surface area contributed by atoms with Gasteiger partial charge in [-0.3, -0.25) is 9.89 Å². The van der Waals surface area contributed by atoms with Crippen LogP contribution in [0.1, 0.15) is 19.5 Å². The molecular weight excluding hydrogens is 268 g/mol. The van der Waals surface area contributed by atoms with Gasteiger partial charge in [0.05, 0.1) is 16.5 Å². The van der Waals surface area contributed by atoms with E-state index in [-0.39, 0.29) is 24.9 Å². The molecule has 19 heavy (non-hydrogen) atoms. The molecule has 4 N–H and O–H groups in total. The first-order valence-corrected chi connectivity index (χ1v) is 5.76. The van der Waals surface area contributed by atoms with Gasteiger partial charge in [0.1, 0.15) is 5.82 Å². The van der Waals surface area contributed by atoms with Gasteiger partial charge in [0, 0.05) is 13.6 Å². The monoisotopic (exact) mass is 286 g/mol. The summed E-state index contributed by atoms with van der Waals surface area (Å²) < 4.78 is 1.67. The summed E-state index contributed by atoms with van der Waals surface area (Å²) in [6.45, 7) is 5.75. The number of aryl methyl sites for hydroxylation is 2. The predicted molar refractivity (Wildman–Crippen MR) is 76.3 cm³/mol. The van der Waals surface area contributed by atoms with Crippen molar-refractivity contribution in [2.75, 3.05) is 11.9 Å². The van der Waals surface area contributed by atoms with Crippen molar-refractivity contribution >= 4 is 35.2 Å². The molecule has 0 saturated carbocycles. The molecule has 2 aromatic heterocycles. The zero-order valence-electron chi connectivity index (χ0n) is 11.4. The average molecular weight is 287 g/mol. The first kappa shape index (κ1) is 15.5. The molecule has 0 bridgehead atoms. The van der Waals surface area contributed by atoms with Gasteiger partial charge in [0.2, 0.25) is 5.91 Å². The van der Waals surface area contributed by atoms with E-state index in [0.29, 0.717) is 11.5 Å². The summed E-state index contributed by atoms with van der Waals surface area (Å²) in [6.07, 6.45) is 0. The number of aromatic nitrogens is 4. The Balaban J connectivity index is 0.00000180. The molecule has 0 unspecified atom stereocenters. The maximum Gasteiger partial charge on any atom is 0.232 e. The Kier molecular flexibility index (Phi) is 4.21. The van der Waals surface area contributed by atoms with Crippen molar-refractivity contribution in [1.29, 1.82) is 0 Å². The van der Waals surface area contributed by atoms with Crippen molar-refractivity contribution in [3.8, 4) is 0 Å². The van der Waals surface area contributed by atoms with E-state index in [4.69, 9.17) is 5.73 Å². The van der Waals surface area contributed by atoms with Crippen molar-refractivity contribution in [2.24, 2.45) is 18.2 Å². The van der Waals surface area contributed by atoms with Crippen LogP contribution in [0.3, 0.4) is 0 Å². The van der Waals surface area contributed by atoms with Crippen LogP contribution in [0.15, 0.2) is 0 Å². The first-order chi connectivity index (χ1) is 8.36. The van der Waals surface area contributed by atoms with Crippen LogP contribution in [0, 0.1) is 12.3 Å². The molecule has 1 amide bonds. The molecular formula is C11H19ClN6O. The number of nitrogens with zero attached hydrogens (tertiary/aromatic N) is 3. The van der Waals surface area contributed by atoms with Crippen LogP contribution < -0.4 is 11.1 Å². The number of anilines is 1. The van der Waals surface area contributed by atoms with Crippen LogP contribution in [0.4, 0.5) is 5.82 Å². The molecule has 0 atom stereocenters. The number of amides is 1. The number of fused-ring (bicyclic) bond motifs is 1. The Morgan fingerprint density at radius 3 is 2.74 bits per heavy atom. The van der Waals surface area contributed by atoms with Crippen LogP contribution in [0.25, 0.3) is 11.0 Å². The zero-order valence-corrected chi connectivity index (χ0v) is 12.3. The molecule has 2 heterocycles. The van der Waals surface area contributed by atoms with Gasteiger partial charge in [-0.05, 0) is 20.8 Å². The SMILES string of the molecule is Cc1nn(C)c2n[nH]c(NC(=O)C(C)(C)CN)c12.Cl. The van der Waals surface area contributed by atoms with Gasteiger partial charge in [0.15, 0.2) is 5.65 Å². The molecule has 2 rings (SSSR count). The third kappa shape index (κ3) is 2.57. The normalized spacial score (nSPS) is 11.4. The Hall–Kier alpha value is -1.60. The summed E-state index contributed by atoms with van der Waals surface area (Å²) in [7, 11) is 1.81. The minimum absolute atomic E-state index is 0. The van der Waals surface area contributed by atoms with Crippen LogP contribution >= 0.6 is 12.4 Å². The number of aromatic amines is 1.